The van der Waals surface area contributed by atoms with Crippen molar-refractivity contribution in [2.24, 2.45) is 0 Å². The number of aromatic nitrogens is 2. The maximum atomic E-state index is 14.1. The Morgan fingerprint density at radius 3 is 2.42 bits per heavy atom. The van der Waals surface area contributed by atoms with Crippen LogP contribution in [0.2, 0.25) is 0 Å². The number of aliphatic hydroxyl groups excluding tert-OH is 3. The van der Waals surface area contributed by atoms with Crippen LogP contribution in [0, 0.1) is 0 Å². The fourth-order valence-corrected chi connectivity index (χ4v) is 9.42. The summed E-state index contributed by atoms with van der Waals surface area (Å²) in [5.41, 5.74) is 0.615. The quantitative estimate of drug-likeness (QED) is 0.0533. The van der Waals surface area contributed by atoms with Crippen molar-refractivity contribution < 1.29 is 87.5 Å². The maximum absolute atomic E-state index is 14.1. The average Bonchev–Trinajstić information content (AvgIpc) is 4.11. The summed E-state index contributed by atoms with van der Waals surface area (Å²) in [5, 5.41) is 58.2. The van der Waals surface area contributed by atoms with E-state index in [9.17, 15) is 63.9 Å². The predicted molar refractivity (Wildman–Crippen MR) is 251 cm³/mol. The van der Waals surface area contributed by atoms with E-state index in [1.165, 1.54) is 29.8 Å². The highest BCUT2D eigenvalue weighted by Gasteiger charge is 2.49. The Kier molecular flexibility index (Phi) is 13.9. The number of aryl methyl sites for hydroxylation is 1. The Hall–Kier alpha value is -7.97. The van der Waals surface area contributed by atoms with Gasteiger partial charge in [-0.1, -0.05) is 26.3 Å². The Balaban J connectivity index is 0.987. The number of carboxylic acid groups (broad SMARTS) is 1. The average molecular weight is 1030 g/mol. The molecule has 1 saturated heterocycles. The first-order valence-electron chi connectivity index (χ1n) is 23.5. The molecular formula is C49H50N6O19. The number of nitrogens with one attached hydrogen (secondary N) is 2. The third-order valence-corrected chi connectivity index (χ3v) is 13.4. The molecule has 4 aromatic rings. The van der Waals surface area contributed by atoms with Gasteiger partial charge in [-0.15, -0.1) is 0 Å². The minimum Gasteiger partial charge on any atom is -0.479 e. The van der Waals surface area contributed by atoms with Crippen LogP contribution < -0.4 is 30.4 Å². The zero-order valence-corrected chi connectivity index (χ0v) is 39.9. The molecular weight excluding hydrogens is 977 g/mol. The summed E-state index contributed by atoms with van der Waals surface area (Å²) >= 11 is 0. The number of carboxylic acids is 1. The molecule has 5 unspecified atom stereocenters. The van der Waals surface area contributed by atoms with Crippen molar-refractivity contribution in [3.05, 3.63) is 80.7 Å². The van der Waals surface area contributed by atoms with Gasteiger partial charge in [-0.3, -0.25) is 34.2 Å². The summed E-state index contributed by atoms with van der Waals surface area (Å²) in [6.45, 7) is 1.91. The molecule has 1 fully saturated rings. The molecule has 0 bridgehead atoms. The number of hydrogen-bond acceptors (Lipinski definition) is 19. The summed E-state index contributed by atoms with van der Waals surface area (Å²) in [6, 6.07) is 7.20. The van der Waals surface area contributed by atoms with Crippen molar-refractivity contribution >= 4 is 63.9 Å². The smallest absolute Gasteiger partial charge is 0.412 e. The first-order valence-corrected chi connectivity index (χ1v) is 23.5. The topological polar surface area (TPSA) is 341 Å². The molecule has 7 N–H and O–H groups in total. The molecule has 7 heterocycles. The molecule has 5 aliphatic rings. The molecule has 6 atom stereocenters. The largest absolute Gasteiger partial charge is 0.479 e. The van der Waals surface area contributed by atoms with E-state index in [0.29, 0.717) is 40.7 Å². The number of benzene rings is 2. The number of pyridine rings is 2. The number of anilines is 2. The molecule has 5 amide bonds. The van der Waals surface area contributed by atoms with Crippen LogP contribution in [0.3, 0.4) is 0 Å². The zero-order valence-electron chi connectivity index (χ0n) is 39.9. The number of nitrogens with zero attached hydrogens (tertiary/aromatic N) is 4. The van der Waals surface area contributed by atoms with Gasteiger partial charge in [-0.2, -0.15) is 0 Å². The molecule has 0 saturated carbocycles. The molecule has 390 valence electrons. The highest BCUT2D eigenvalue weighted by atomic mass is 16.7. The second kappa shape index (κ2) is 20.1. The molecule has 5 aliphatic heterocycles. The van der Waals surface area contributed by atoms with Crippen molar-refractivity contribution in [3.8, 4) is 28.6 Å². The van der Waals surface area contributed by atoms with Crippen LogP contribution in [0.25, 0.3) is 22.3 Å². The first kappa shape index (κ1) is 51.0. The summed E-state index contributed by atoms with van der Waals surface area (Å²) < 4.78 is 35.2. The molecule has 9 rings (SSSR count). The number of esters is 1. The van der Waals surface area contributed by atoms with Gasteiger partial charge in [0.05, 0.1) is 41.2 Å². The lowest BCUT2D eigenvalue weighted by Gasteiger charge is -2.38. The van der Waals surface area contributed by atoms with Gasteiger partial charge in [0.2, 0.25) is 24.9 Å². The normalized spacial score (nSPS) is 22.2. The van der Waals surface area contributed by atoms with Crippen LogP contribution in [-0.4, -0.2) is 144 Å². The fourth-order valence-electron chi connectivity index (χ4n) is 9.42. The number of unbranched alkanes of at least 4 members (excludes halogenated alkanes) is 1. The standard InChI is InChI=1S/C49H50N6O19/c1-4-6-7-23-24-17-55-29(15-26-25(44(55)63)20-69-47(66)49(26,68)5-2)37(24)51-28-16-31-42(72-21-71-31)38(36(23)28)52-48(67)70-19-22-8-9-30(73-46-41(62)39(60)40(61)43(74-46)45(64)65)27(14-22)50-32(56)18-53(3)33(57)12-13-54-34(58)10-11-35(54)59/h8-11,14-16,39-41,43,46,60-62,68H,4-7,12-13,17-21H2,1-3H3,(H,50,56)(H,52,67)(H,64,65)/t39?,40?,41?,43?,46?,49-/m0/s1. The Bertz CT molecular complexity index is 3120. The van der Waals surface area contributed by atoms with Crippen molar-refractivity contribution in [1.82, 2.24) is 19.4 Å². The van der Waals surface area contributed by atoms with Gasteiger partial charge in [-0.05, 0) is 48.6 Å². The Morgan fingerprint density at radius 1 is 0.946 bits per heavy atom. The molecule has 2 aromatic heterocycles. The van der Waals surface area contributed by atoms with Crippen molar-refractivity contribution in [1.29, 1.82) is 0 Å². The van der Waals surface area contributed by atoms with Crippen molar-refractivity contribution in [2.75, 3.05) is 37.6 Å². The van der Waals surface area contributed by atoms with Crippen LogP contribution in [0.15, 0.2) is 47.3 Å². The van der Waals surface area contributed by atoms with Gasteiger partial charge in [0.1, 0.15) is 43.0 Å². The Morgan fingerprint density at radius 2 is 1.70 bits per heavy atom. The number of carbonyl (C=O) groups is 7. The third kappa shape index (κ3) is 9.23. The van der Waals surface area contributed by atoms with E-state index in [1.807, 2.05) is 6.92 Å². The second-order valence-corrected chi connectivity index (χ2v) is 18.1. The van der Waals surface area contributed by atoms with E-state index < -0.39 is 96.7 Å². The predicted octanol–water partition coefficient (Wildman–Crippen LogP) is 0.883. The van der Waals surface area contributed by atoms with E-state index in [0.717, 1.165) is 33.9 Å². The molecule has 0 spiro atoms. The first-order chi connectivity index (χ1) is 35.3. The van der Waals surface area contributed by atoms with Gasteiger partial charge >= 0.3 is 18.0 Å². The van der Waals surface area contributed by atoms with Gasteiger partial charge in [0.15, 0.2) is 23.2 Å². The minimum atomic E-state index is -2.04. The summed E-state index contributed by atoms with van der Waals surface area (Å²) in [5.74, 6) is -4.96. The maximum Gasteiger partial charge on any atom is 0.412 e. The number of carbonyl (C=O) groups excluding carboxylic acids is 6. The second-order valence-electron chi connectivity index (χ2n) is 18.1. The number of rotatable bonds is 16. The lowest BCUT2D eigenvalue weighted by Crippen LogP contribution is -2.61. The molecule has 25 heteroatoms. The van der Waals surface area contributed by atoms with Crippen molar-refractivity contribution in [3.63, 3.8) is 0 Å². The highest BCUT2D eigenvalue weighted by molar-refractivity contribution is 6.13. The highest BCUT2D eigenvalue weighted by Crippen LogP contribution is 2.49. The molecule has 74 heavy (non-hydrogen) atoms. The molecule has 0 radical (unpaired) electrons. The number of ether oxygens (including phenoxy) is 6. The number of hydrogen-bond donors (Lipinski definition) is 7. The fraction of sp³-hybridized carbons (Fsp3) is 0.408. The van der Waals surface area contributed by atoms with Crippen LogP contribution >= 0.6 is 0 Å². The molecule has 25 nitrogen and oxygen atoms in total. The van der Waals surface area contributed by atoms with E-state index in [-0.39, 0.29) is 84.6 Å². The van der Waals surface area contributed by atoms with Gasteiger partial charge in [-0.25, -0.2) is 19.4 Å². The van der Waals surface area contributed by atoms with Crippen LogP contribution in [0.1, 0.15) is 67.3 Å². The minimum absolute atomic E-state index is 0.0414. The zero-order chi connectivity index (χ0) is 52.9. The lowest BCUT2D eigenvalue weighted by molar-refractivity contribution is -0.271. The van der Waals surface area contributed by atoms with Gasteiger partial charge in [0, 0.05) is 54.7 Å². The van der Waals surface area contributed by atoms with Gasteiger partial charge in [0.25, 0.3) is 17.4 Å². The van der Waals surface area contributed by atoms with E-state index in [1.54, 1.807) is 19.1 Å². The molecule has 0 aliphatic carbocycles. The monoisotopic (exact) mass is 1030 g/mol. The molecule has 2 aromatic carbocycles. The number of imide groups is 1. The summed E-state index contributed by atoms with van der Waals surface area (Å²) in [6.07, 6.45) is -7.25. The number of aliphatic hydroxyl groups is 4. The SMILES string of the molecule is CCCCc1c2c(nc3cc4c(c(NC(=O)OCc5ccc(OC6OC(C(=O)O)C(O)C(O)C6O)c(NC(=O)CN(C)C(=O)CCN6C(=O)C=CC6=O)c5)c13)OCO4)-c1cc3c(c(=O)n1C2)COC(=O)[C@]3(O)CC. The third-order valence-electron chi connectivity index (χ3n) is 13.4. The number of aliphatic carboxylic acids is 1. The van der Waals surface area contributed by atoms with Gasteiger partial charge < -0.3 is 68.7 Å². The number of fused-ring (bicyclic) bond motifs is 6. The summed E-state index contributed by atoms with van der Waals surface area (Å²) in [4.78, 5) is 110. The lowest BCUT2D eigenvalue weighted by atomic mass is 9.86. The van der Waals surface area contributed by atoms with Crippen LogP contribution in [0.5, 0.6) is 17.2 Å². The van der Waals surface area contributed by atoms with Crippen LogP contribution in [-0.2, 0) is 74.8 Å². The number of likely N-dealkylation sites (N-methyl/N-ethyl adjacent to an activating group) is 1. The van der Waals surface area contributed by atoms with E-state index in [4.69, 9.17) is 33.4 Å². The Labute approximate surface area is 418 Å². The summed E-state index contributed by atoms with van der Waals surface area (Å²) in [7, 11) is 1.30. The number of amides is 5. The van der Waals surface area contributed by atoms with Crippen molar-refractivity contribution in [2.45, 2.75) is 102 Å². The van der Waals surface area contributed by atoms with E-state index >= 15 is 0 Å². The van der Waals surface area contributed by atoms with Crippen LogP contribution in [0.4, 0.5) is 16.2 Å². The number of cyclic esters (lactones) is 1. The van der Waals surface area contributed by atoms with E-state index in [2.05, 4.69) is 10.6 Å².